The topological polar surface area (TPSA) is 6.48 Å². The fraction of sp³-hybridized carbons (Fsp3) is 0.234. The Labute approximate surface area is 299 Å². The van der Waals surface area contributed by atoms with Gasteiger partial charge in [0, 0.05) is 22.2 Å². The van der Waals surface area contributed by atoms with Crippen LogP contribution >= 0.6 is 0 Å². The van der Waals surface area contributed by atoms with Crippen molar-refractivity contribution in [2.45, 2.75) is 70.9 Å². The number of hydrogen-bond acceptors (Lipinski definition) is 2. The van der Waals surface area contributed by atoms with Crippen molar-refractivity contribution in [2.24, 2.45) is 0 Å². The molecular weight excluding hydrogens is 621 g/mol. The summed E-state index contributed by atoms with van der Waals surface area (Å²) in [5.41, 5.74) is 16.3. The van der Waals surface area contributed by atoms with Crippen LogP contribution < -0.4 is 20.2 Å². The highest BCUT2D eigenvalue weighted by molar-refractivity contribution is 7.06. The van der Waals surface area contributed by atoms with Crippen molar-refractivity contribution in [1.82, 2.24) is 0 Å². The molecule has 3 heterocycles. The van der Waals surface area contributed by atoms with E-state index in [-0.39, 0.29) is 10.8 Å². The van der Waals surface area contributed by atoms with Crippen LogP contribution in [-0.4, -0.2) is 8.07 Å². The first-order chi connectivity index (χ1) is 24.1. The Balaban J connectivity index is 1.28. The average molecular weight is 667 g/mol. The molecule has 0 unspecified atom stereocenters. The van der Waals surface area contributed by atoms with E-state index < -0.39 is 8.07 Å². The van der Waals surface area contributed by atoms with Crippen molar-refractivity contribution < 1.29 is 0 Å². The van der Waals surface area contributed by atoms with E-state index in [1.165, 1.54) is 73.5 Å². The summed E-state index contributed by atoms with van der Waals surface area (Å²) in [4.78, 5) is 5.03. The van der Waals surface area contributed by atoms with Crippen molar-refractivity contribution in [1.29, 1.82) is 0 Å². The largest absolute Gasteiger partial charge is 0.310 e. The molecule has 50 heavy (non-hydrogen) atoms. The number of benzene rings is 6. The Morgan fingerprint density at radius 2 is 0.800 bits per heavy atom. The zero-order valence-electron chi connectivity index (χ0n) is 30.4. The predicted molar refractivity (Wildman–Crippen MR) is 216 cm³/mol. The number of nitrogens with zero attached hydrogens (tertiary/aromatic N) is 2. The zero-order chi connectivity index (χ0) is 34.6. The van der Waals surface area contributed by atoms with Crippen LogP contribution in [0.2, 0.25) is 11.6 Å². The van der Waals surface area contributed by atoms with E-state index in [0.29, 0.717) is 5.54 Å². The summed E-state index contributed by atoms with van der Waals surface area (Å²) >= 11 is 0. The van der Waals surface area contributed by atoms with Crippen LogP contribution in [0.3, 0.4) is 0 Å². The summed E-state index contributed by atoms with van der Waals surface area (Å²) in [6.45, 7) is 16.8. The van der Waals surface area contributed by atoms with Crippen LogP contribution in [0, 0.1) is 0 Å². The molecule has 0 amide bonds. The smallest absolute Gasteiger partial charge is 0.0502 e. The van der Waals surface area contributed by atoms with Crippen LogP contribution in [0.25, 0.3) is 11.1 Å². The molecule has 3 heteroatoms. The molecule has 2 nitrogen and oxygen atoms in total. The summed E-state index contributed by atoms with van der Waals surface area (Å²) in [5, 5.41) is 3.18. The van der Waals surface area contributed by atoms with E-state index in [1.807, 2.05) is 0 Å². The van der Waals surface area contributed by atoms with E-state index in [4.69, 9.17) is 0 Å². The maximum Gasteiger partial charge on any atom is 0.0502 e. The van der Waals surface area contributed by atoms with Gasteiger partial charge < -0.3 is 9.80 Å². The van der Waals surface area contributed by atoms with Crippen molar-refractivity contribution >= 4 is 52.6 Å². The highest BCUT2D eigenvalue weighted by atomic mass is 28.3. The van der Waals surface area contributed by atoms with Gasteiger partial charge in [-0.2, -0.15) is 16.4 Å². The summed E-state index contributed by atoms with van der Waals surface area (Å²) in [6.07, 6.45) is 0. The van der Waals surface area contributed by atoms with Gasteiger partial charge in [-0.1, -0.05) is 141 Å². The normalized spacial score (nSPS) is 17.0. The Morgan fingerprint density at radius 1 is 0.480 bits per heavy atom. The van der Waals surface area contributed by atoms with Gasteiger partial charge in [-0.05, 0) is 81.9 Å². The third-order valence-corrected chi connectivity index (χ3v) is 18.5. The van der Waals surface area contributed by atoms with Gasteiger partial charge in [-0.25, -0.2) is 0 Å². The third kappa shape index (κ3) is 4.01. The van der Waals surface area contributed by atoms with Crippen LogP contribution in [0.5, 0.6) is 0 Å². The molecule has 0 aromatic heterocycles. The van der Waals surface area contributed by atoms with Gasteiger partial charge in [0.25, 0.3) is 0 Å². The molecule has 0 bridgehead atoms. The average Bonchev–Trinajstić information content (AvgIpc) is 3.42. The van der Waals surface area contributed by atoms with Gasteiger partial charge in [0.05, 0.1) is 22.7 Å². The predicted octanol–water partition coefficient (Wildman–Crippen LogP) is 11.9. The molecule has 0 aliphatic carbocycles. The first kappa shape index (κ1) is 31.1. The van der Waals surface area contributed by atoms with E-state index in [1.54, 1.807) is 10.4 Å². The second-order valence-electron chi connectivity index (χ2n) is 15.9. The highest BCUT2D eigenvalue weighted by Gasteiger charge is 2.40. The van der Waals surface area contributed by atoms with Crippen molar-refractivity contribution in [3.63, 3.8) is 0 Å². The third-order valence-electron chi connectivity index (χ3n) is 12.6. The van der Waals surface area contributed by atoms with Crippen molar-refractivity contribution in [3.8, 4) is 11.1 Å². The summed E-state index contributed by atoms with van der Waals surface area (Å²) in [6, 6.07) is 52.1. The van der Waals surface area contributed by atoms with Gasteiger partial charge >= 0.3 is 0 Å². The quantitative estimate of drug-likeness (QED) is 0.173. The minimum atomic E-state index is -2.04. The van der Waals surface area contributed by atoms with E-state index in [0.717, 1.165) is 0 Å². The maximum atomic E-state index is 2.53. The first-order valence-corrected chi connectivity index (χ1v) is 20.7. The molecule has 249 valence electrons. The van der Waals surface area contributed by atoms with Gasteiger partial charge in [-0.3, -0.25) is 0 Å². The fourth-order valence-electron chi connectivity index (χ4n) is 10.0. The number of fused-ring (bicyclic) bond motifs is 7. The molecule has 3 aliphatic rings. The van der Waals surface area contributed by atoms with Gasteiger partial charge in [0.15, 0.2) is 0 Å². The second kappa shape index (κ2) is 10.8. The highest BCUT2D eigenvalue weighted by Crippen LogP contribution is 2.54. The van der Waals surface area contributed by atoms with Crippen LogP contribution in [0.15, 0.2) is 133 Å². The summed E-state index contributed by atoms with van der Waals surface area (Å²) < 4.78 is 0. The van der Waals surface area contributed by atoms with Gasteiger partial charge in [0.2, 0.25) is 0 Å². The molecular formula is C47H46N2Si-. The molecule has 3 aliphatic heterocycles. The lowest BCUT2D eigenvalue weighted by molar-refractivity contribution is 0.631. The Bertz CT molecular complexity index is 2070. The molecule has 0 atom stereocenters. The molecule has 0 fully saturated rings. The number of hydrogen-bond donors (Lipinski definition) is 0. The molecule has 6 aromatic rings. The Morgan fingerprint density at radius 3 is 1.10 bits per heavy atom. The van der Waals surface area contributed by atoms with Crippen LogP contribution in [-0.2, 0) is 10.8 Å². The lowest BCUT2D eigenvalue weighted by Crippen LogP contribution is -2.57. The molecule has 6 aromatic carbocycles. The zero-order valence-corrected chi connectivity index (χ0v) is 31.4. The minimum Gasteiger partial charge on any atom is -0.310 e. The Kier molecular flexibility index (Phi) is 6.74. The first-order valence-electron chi connectivity index (χ1n) is 18.4. The van der Waals surface area contributed by atoms with Gasteiger partial charge in [0.1, 0.15) is 0 Å². The number of para-hydroxylation sites is 4. The van der Waals surface area contributed by atoms with E-state index in [9.17, 15) is 0 Å². The fourth-order valence-corrected chi connectivity index (χ4v) is 15.3. The monoisotopic (exact) mass is 666 g/mol. The van der Waals surface area contributed by atoms with Crippen LogP contribution in [0.4, 0.5) is 34.1 Å². The SMILES string of the molecule is CC[Si-]1(C(C)C)c2ccc(N3c4ccccc4C(C)(C)c4ccccc43)cc2-c2cc(N3c4ccccc4C(C)(C)c4ccccc43)ccc21. The molecule has 0 spiro atoms. The molecule has 9 rings (SSSR count). The minimum absolute atomic E-state index is 0.0839. The number of rotatable bonds is 4. The molecule has 0 N–H and O–H groups in total. The lowest BCUT2D eigenvalue weighted by Gasteiger charge is -2.46. The van der Waals surface area contributed by atoms with E-state index in [2.05, 4.69) is 192 Å². The second-order valence-corrected chi connectivity index (χ2v) is 20.8. The standard InChI is InChI=1S/C47H46N2Si/c1-8-50(31(2)3)44-27-25-32(48-40-21-13-9-17-36(40)46(4,5)37-18-10-14-22-41(37)48)29-34(44)35-30-33(26-28-45(35)50)49-42-23-15-11-19-38(42)47(6,7)39-20-12-16-24-43(39)49/h9-31H,8H2,1-7H3/q-1. The van der Waals surface area contributed by atoms with Crippen molar-refractivity contribution in [3.05, 3.63) is 156 Å². The summed E-state index contributed by atoms with van der Waals surface area (Å²) in [5.74, 6) is 0. The Hall–Kier alpha value is -4.86. The van der Waals surface area contributed by atoms with Crippen molar-refractivity contribution in [2.75, 3.05) is 9.80 Å². The van der Waals surface area contributed by atoms with E-state index >= 15 is 0 Å². The van der Waals surface area contributed by atoms with Gasteiger partial charge in [-0.15, -0.1) is 5.54 Å². The van der Waals surface area contributed by atoms with Crippen LogP contribution in [0.1, 0.15) is 70.7 Å². The summed E-state index contributed by atoms with van der Waals surface area (Å²) in [7, 11) is -2.04. The molecule has 0 saturated heterocycles. The number of anilines is 6. The lowest BCUT2D eigenvalue weighted by atomic mass is 9.73. The maximum absolute atomic E-state index is 2.53. The molecule has 0 saturated carbocycles. The molecule has 0 radical (unpaired) electrons.